The molecular formula is C22H24N2O2S. The van der Waals surface area contributed by atoms with Gasteiger partial charge >= 0.3 is 0 Å². The number of sulfone groups is 1. The molecule has 0 amide bonds. The van der Waals surface area contributed by atoms with E-state index in [1.165, 1.54) is 12.6 Å². The predicted octanol–water partition coefficient (Wildman–Crippen LogP) is 4.75. The Morgan fingerprint density at radius 1 is 1.04 bits per heavy atom. The van der Waals surface area contributed by atoms with Crippen molar-refractivity contribution in [2.45, 2.75) is 48.9 Å². The predicted molar refractivity (Wildman–Crippen MR) is 109 cm³/mol. The molecule has 1 aliphatic heterocycles. The fourth-order valence-electron chi connectivity index (χ4n) is 3.88. The highest BCUT2D eigenvalue weighted by atomic mass is 32.2. The summed E-state index contributed by atoms with van der Waals surface area (Å²) in [6.07, 6.45) is 4.86. The maximum Gasteiger partial charge on any atom is 0.210 e. The highest BCUT2D eigenvalue weighted by Gasteiger charge is 2.29. The summed E-state index contributed by atoms with van der Waals surface area (Å²) in [5.41, 5.74) is 2.66. The van der Waals surface area contributed by atoms with Gasteiger partial charge in [0.1, 0.15) is 4.90 Å². The highest BCUT2D eigenvalue weighted by Crippen LogP contribution is 2.38. The molecule has 1 atom stereocenters. The van der Waals surface area contributed by atoms with Crippen molar-refractivity contribution in [3.05, 3.63) is 60.3 Å². The Labute approximate surface area is 160 Å². The summed E-state index contributed by atoms with van der Waals surface area (Å²) in [5, 5.41) is 0.902. The van der Waals surface area contributed by atoms with Crippen LogP contribution in [0.2, 0.25) is 0 Å². The van der Waals surface area contributed by atoms with Crippen molar-refractivity contribution in [1.29, 1.82) is 0 Å². The van der Waals surface area contributed by atoms with Gasteiger partial charge in [-0.25, -0.2) is 8.42 Å². The average molecular weight is 381 g/mol. The van der Waals surface area contributed by atoms with Gasteiger partial charge in [-0.15, -0.1) is 0 Å². The molecule has 0 spiro atoms. The van der Waals surface area contributed by atoms with E-state index >= 15 is 0 Å². The second-order valence-electron chi connectivity index (χ2n) is 7.34. The average Bonchev–Trinajstić information content (AvgIpc) is 2.68. The van der Waals surface area contributed by atoms with Gasteiger partial charge in [-0.2, -0.15) is 0 Å². The largest absolute Gasteiger partial charge is 0.367 e. The summed E-state index contributed by atoms with van der Waals surface area (Å²) in [6, 6.07) is 15.2. The third-order valence-electron chi connectivity index (χ3n) is 5.42. The van der Waals surface area contributed by atoms with Crippen LogP contribution in [0.15, 0.2) is 64.5 Å². The molecule has 0 saturated carbocycles. The van der Waals surface area contributed by atoms with Gasteiger partial charge in [0.05, 0.1) is 16.1 Å². The van der Waals surface area contributed by atoms with Crippen molar-refractivity contribution in [1.82, 2.24) is 4.98 Å². The van der Waals surface area contributed by atoms with Gasteiger partial charge in [0.2, 0.25) is 9.84 Å². The van der Waals surface area contributed by atoms with Gasteiger partial charge in [-0.3, -0.25) is 4.98 Å². The monoisotopic (exact) mass is 380 g/mol. The molecule has 1 aromatic heterocycles. The molecule has 3 aromatic rings. The zero-order chi connectivity index (χ0) is 19.0. The van der Waals surface area contributed by atoms with Gasteiger partial charge < -0.3 is 4.90 Å². The van der Waals surface area contributed by atoms with E-state index in [2.05, 4.69) is 16.8 Å². The fraction of sp³-hybridized carbons (Fsp3) is 0.318. The third kappa shape index (κ3) is 3.21. The summed E-state index contributed by atoms with van der Waals surface area (Å²) < 4.78 is 27.0. The van der Waals surface area contributed by atoms with Crippen molar-refractivity contribution in [3.63, 3.8) is 0 Å². The van der Waals surface area contributed by atoms with E-state index in [-0.39, 0.29) is 0 Å². The van der Waals surface area contributed by atoms with E-state index in [1.807, 2.05) is 43.3 Å². The lowest BCUT2D eigenvalue weighted by molar-refractivity contribution is 0.483. The van der Waals surface area contributed by atoms with Gasteiger partial charge in [-0.05, 0) is 51.3 Å². The lowest BCUT2D eigenvalue weighted by Crippen LogP contribution is -2.38. The van der Waals surface area contributed by atoms with Crippen LogP contribution in [0.5, 0.6) is 0 Å². The number of fused-ring (bicyclic) bond motifs is 1. The molecule has 4 nitrogen and oxygen atoms in total. The molecule has 5 heteroatoms. The zero-order valence-electron chi connectivity index (χ0n) is 15.7. The summed E-state index contributed by atoms with van der Waals surface area (Å²) in [4.78, 5) is 7.34. The van der Waals surface area contributed by atoms with Crippen LogP contribution >= 0.6 is 0 Å². The number of para-hydroxylation sites is 1. The number of nitrogens with zero attached hydrogens (tertiary/aromatic N) is 2. The summed E-state index contributed by atoms with van der Waals surface area (Å²) in [7, 11) is -3.65. The Kier molecular flexibility index (Phi) is 4.64. The van der Waals surface area contributed by atoms with Crippen LogP contribution in [-0.4, -0.2) is 26.0 Å². The van der Waals surface area contributed by atoms with Gasteiger partial charge in [0, 0.05) is 24.2 Å². The second-order valence-corrected chi connectivity index (χ2v) is 9.26. The number of piperidine rings is 1. The number of rotatable bonds is 3. The lowest BCUT2D eigenvalue weighted by atomic mass is 10.0. The molecule has 0 bridgehead atoms. The lowest BCUT2D eigenvalue weighted by Gasteiger charge is -2.37. The first-order valence-corrected chi connectivity index (χ1v) is 10.9. The number of aromatic nitrogens is 1. The van der Waals surface area contributed by atoms with Crippen LogP contribution in [0.3, 0.4) is 0 Å². The maximum atomic E-state index is 13.5. The van der Waals surface area contributed by atoms with Crippen LogP contribution in [0.1, 0.15) is 31.7 Å². The van der Waals surface area contributed by atoms with Crippen molar-refractivity contribution >= 4 is 26.4 Å². The first-order chi connectivity index (χ1) is 13.0. The van der Waals surface area contributed by atoms with E-state index in [9.17, 15) is 8.42 Å². The number of pyridine rings is 1. The minimum Gasteiger partial charge on any atom is -0.367 e. The molecule has 2 heterocycles. The quantitative estimate of drug-likeness (QED) is 0.658. The van der Waals surface area contributed by atoms with E-state index in [1.54, 1.807) is 12.1 Å². The summed E-state index contributed by atoms with van der Waals surface area (Å²) >= 11 is 0. The minimum atomic E-state index is -3.65. The van der Waals surface area contributed by atoms with E-state index in [4.69, 9.17) is 0 Å². The van der Waals surface area contributed by atoms with Crippen LogP contribution in [0.25, 0.3) is 10.9 Å². The standard InChI is InChI=1S/C22H24N2O2S/c1-16-10-12-18(13-11-16)27(25,26)21-15-23-20-9-4-3-8-19(20)22(21)24-14-6-5-7-17(24)2/h3-4,8-13,15,17H,5-7,14H2,1-2H3/t17-/m1/s1. The Hall–Kier alpha value is -2.40. The SMILES string of the molecule is Cc1ccc(S(=O)(=O)c2cnc3ccccc3c2N2CCCC[C@H]2C)cc1. The molecule has 0 radical (unpaired) electrons. The topological polar surface area (TPSA) is 50.3 Å². The molecule has 1 fully saturated rings. The molecule has 4 rings (SSSR count). The number of benzene rings is 2. The van der Waals surface area contributed by atoms with Crippen LogP contribution in [0, 0.1) is 6.92 Å². The van der Waals surface area contributed by atoms with Gasteiger partial charge in [-0.1, -0.05) is 35.9 Å². The molecule has 2 aromatic carbocycles. The molecular weight excluding hydrogens is 356 g/mol. The first kappa shape index (κ1) is 18.0. The number of hydrogen-bond donors (Lipinski definition) is 0. The van der Waals surface area contributed by atoms with Crippen molar-refractivity contribution in [3.8, 4) is 0 Å². The molecule has 0 aliphatic carbocycles. The summed E-state index contributed by atoms with van der Waals surface area (Å²) in [5.74, 6) is 0. The Morgan fingerprint density at radius 3 is 2.52 bits per heavy atom. The Morgan fingerprint density at radius 2 is 1.78 bits per heavy atom. The van der Waals surface area contributed by atoms with Crippen LogP contribution in [-0.2, 0) is 9.84 Å². The van der Waals surface area contributed by atoms with Crippen LogP contribution < -0.4 is 4.90 Å². The fourth-order valence-corrected chi connectivity index (χ4v) is 5.30. The Balaban J connectivity index is 1.97. The van der Waals surface area contributed by atoms with E-state index in [0.29, 0.717) is 15.8 Å². The molecule has 140 valence electrons. The summed E-state index contributed by atoms with van der Waals surface area (Å²) in [6.45, 7) is 5.00. The molecule has 1 aliphatic rings. The Bertz CT molecular complexity index is 1080. The molecule has 27 heavy (non-hydrogen) atoms. The van der Waals surface area contributed by atoms with E-state index in [0.717, 1.165) is 41.5 Å². The normalized spacial score (nSPS) is 18.0. The van der Waals surface area contributed by atoms with Crippen molar-refractivity contribution < 1.29 is 8.42 Å². The van der Waals surface area contributed by atoms with E-state index < -0.39 is 9.84 Å². The smallest absolute Gasteiger partial charge is 0.210 e. The molecule has 0 N–H and O–H groups in total. The number of aryl methyl sites for hydroxylation is 1. The minimum absolute atomic E-state index is 0.302. The van der Waals surface area contributed by atoms with Crippen molar-refractivity contribution in [2.24, 2.45) is 0 Å². The number of hydrogen-bond acceptors (Lipinski definition) is 4. The molecule has 0 unspecified atom stereocenters. The van der Waals surface area contributed by atoms with Gasteiger partial charge in [0.15, 0.2) is 0 Å². The third-order valence-corrected chi connectivity index (χ3v) is 7.19. The number of anilines is 1. The maximum absolute atomic E-state index is 13.5. The van der Waals surface area contributed by atoms with Crippen molar-refractivity contribution in [2.75, 3.05) is 11.4 Å². The first-order valence-electron chi connectivity index (χ1n) is 9.44. The molecule has 1 saturated heterocycles. The highest BCUT2D eigenvalue weighted by molar-refractivity contribution is 7.91. The van der Waals surface area contributed by atoms with Crippen LogP contribution in [0.4, 0.5) is 5.69 Å². The second kappa shape index (κ2) is 6.97. The van der Waals surface area contributed by atoms with Gasteiger partial charge in [0.25, 0.3) is 0 Å². The zero-order valence-corrected chi connectivity index (χ0v) is 16.5.